The third kappa shape index (κ3) is 3.78. The number of aliphatic hydroxyl groups is 1. The van der Waals surface area contributed by atoms with Crippen molar-refractivity contribution in [1.82, 2.24) is 4.98 Å². The topological polar surface area (TPSA) is 56.9 Å². The van der Waals surface area contributed by atoms with Gasteiger partial charge in [0.2, 0.25) is 0 Å². The molecule has 1 N–H and O–H groups in total. The van der Waals surface area contributed by atoms with Crippen molar-refractivity contribution < 1.29 is 9.50 Å². The molecule has 164 valence electrons. The van der Waals surface area contributed by atoms with Crippen molar-refractivity contribution in [3.05, 3.63) is 64.7 Å². The Morgan fingerprint density at radius 1 is 1.19 bits per heavy atom. The van der Waals surface area contributed by atoms with Crippen molar-refractivity contribution in [3.63, 3.8) is 0 Å². The van der Waals surface area contributed by atoms with Gasteiger partial charge in [0.1, 0.15) is 11.9 Å². The number of pyridine rings is 1. The van der Waals surface area contributed by atoms with Crippen LogP contribution in [-0.2, 0) is 6.42 Å². The number of fused-ring (bicyclic) bond motifs is 5. The molecule has 1 heterocycles. The molecule has 1 aromatic heterocycles. The van der Waals surface area contributed by atoms with Crippen LogP contribution in [-0.4, -0.2) is 16.2 Å². The van der Waals surface area contributed by atoms with E-state index >= 15 is 0 Å². The Hall–Kier alpha value is -2.25. The molecule has 0 aliphatic heterocycles. The van der Waals surface area contributed by atoms with Crippen molar-refractivity contribution >= 4 is 0 Å². The molecule has 0 spiro atoms. The molecule has 3 aliphatic carbocycles. The predicted octanol–water partition coefficient (Wildman–Crippen LogP) is 5.94. The molecule has 3 nitrogen and oxygen atoms in total. The summed E-state index contributed by atoms with van der Waals surface area (Å²) >= 11 is 0. The zero-order valence-electron chi connectivity index (χ0n) is 18.8. The van der Waals surface area contributed by atoms with Gasteiger partial charge in [0.15, 0.2) is 0 Å². The van der Waals surface area contributed by atoms with E-state index in [1.54, 1.807) is 18.5 Å². The molecule has 0 radical (unpaired) electrons. The molecule has 1 aromatic carbocycles. The predicted molar refractivity (Wildman–Crippen MR) is 120 cm³/mol. The summed E-state index contributed by atoms with van der Waals surface area (Å²) in [5.74, 6) is 1.70. The van der Waals surface area contributed by atoms with Crippen LogP contribution in [0.25, 0.3) is 0 Å². The third-order valence-electron chi connectivity index (χ3n) is 8.41. The first-order valence-corrected chi connectivity index (χ1v) is 11.7. The number of hydrogen-bond acceptors (Lipinski definition) is 3. The van der Waals surface area contributed by atoms with Crippen molar-refractivity contribution in [2.24, 2.45) is 23.2 Å². The van der Waals surface area contributed by atoms with Gasteiger partial charge < -0.3 is 5.11 Å². The SMILES string of the molecule is CC[C@H]1C[C@@]2(C)C(CC[C@@H]2O)C2CCc3c(ccc(C#N)c3F)C21.Cc1ccncc1. The van der Waals surface area contributed by atoms with Gasteiger partial charge in [0, 0.05) is 12.4 Å². The molecule has 0 bridgehead atoms. The van der Waals surface area contributed by atoms with Crippen molar-refractivity contribution in [3.8, 4) is 6.07 Å². The average Bonchev–Trinajstić information content (AvgIpc) is 3.08. The highest BCUT2D eigenvalue weighted by molar-refractivity contribution is 5.44. The number of hydrogen-bond donors (Lipinski definition) is 1. The fourth-order valence-electron chi connectivity index (χ4n) is 6.82. The Morgan fingerprint density at radius 3 is 2.55 bits per heavy atom. The van der Waals surface area contributed by atoms with Crippen LogP contribution in [0.3, 0.4) is 0 Å². The number of aliphatic hydroxyl groups excluding tert-OH is 1. The van der Waals surface area contributed by atoms with E-state index in [0.29, 0.717) is 23.7 Å². The maximum Gasteiger partial charge on any atom is 0.144 e. The summed E-state index contributed by atoms with van der Waals surface area (Å²) in [6, 6.07) is 9.61. The van der Waals surface area contributed by atoms with Crippen LogP contribution in [0.2, 0.25) is 0 Å². The Labute approximate surface area is 185 Å². The number of rotatable bonds is 1. The van der Waals surface area contributed by atoms with Crippen LogP contribution < -0.4 is 0 Å². The molecule has 0 amide bonds. The Bertz CT molecular complexity index is 969. The fraction of sp³-hybridized carbons (Fsp3) is 0.556. The lowest BCUT2D eigenvalue weighted by molar-refractivity contribution is -0.0489. The molecule has 0 saturated heterocycles. The van der Waals surface area contributed by atoms with Gasteiger partial charge in [-0.1, -0.05) is 26.3 Å². The van der Waals surface area contributed by atoms with Crippen molar-refractivity contribution in [2.45, 2.75) is 71.3 Å². The monoisotopic (exact) mass is 420 g/mol. The Morgan fingerprint density at radius 2 is 1.94 bits per heavy atom. The Balaban J connectivity index is 0.000000282. The smallest absolute Gasteiger partial charge is 0.144 e. The summed E-state index contributed by atoms with van der Waals surface area (Å²) in [5, 5.41) is 19.7. The number of nitriles is 1. The molecule has 5 rings (SSSR count). The summed E-state index contributed by atoms with van der Waals surface area (Å²) in [4.78, 5) is 3.85. The van der Waals surface area contributed by atoms with E-state index in [2.05, 4.69) is 18.8 Å². The molecule has 4 heteroatoms. The van der Waals surface area contributed by atoms with Gasteiger partial charge in [-0.3, -0.25) is 4.98 Å². The van der Waals surface area contributed by atoms with Crippen LogP contribution in [0.1, 0.15) is 74.1 Å². The first-order chi connectivity index (χ1) is 14.9. The van der Waals surface area contributed by atoms with E-state index in [9.17, 15) is 9.50 Å². The molecular formula is C27H33FN2O. The molecule has 3 unspecified atom stereocenters. The van der Waals surface area contributed by atoms with Crippen LogP contribution in [0.15, 0.2) is 36.7 Å². The lowest BCUT2D eigenvalue weighted by Crippen LogP contribution is -2.47. The van der Waals surface area contributed by atoms with Gasteiger partial charge in [-0.05, 0) is 103 Å². The lowest BCUT2D eigenvalue weighted by Gasteiger charge is -2.53. The van der Waals surface area contributed by atoms with E-state index < -0.39 is 0 Å². The summed E-state index contributed by atoms with van der Waals surface area (Å²) in [5.41, 5.74) is 3.41. The van der Waals surface area contributed by atoms with E-state index in [1.165, 1.54) is 5.56 Å². The summed E-state index contributed by atoms with van der Waals surface area (Å²) in [7, 11) is 0. The maximum atomic E-state index is 14.7. The molecule has 31 heavy (non-hydrogen) atoms. The minimum atomic E-state index is -0.289. The Kier molecular flexibility index (Phi) is 6.17. The minimum absolute atomic E-state index is 0.0322. The minimum Gasteiger partial charge on any atom is -0.393 e. The molecular weight excluding hydrogens is 387 g/mol. The normalized spacial score (nSPS) is 33.2. The van der Waals surface area contributed by atoms with Gasteiger partial charge in [-0.15, -0.1) is 0 Å². The average molecular weight is 421 g/mol. The number of aryl methyl sites for hydroxylation is 1. The summed E-state index contributed by atoms with van der Waals surface area (Å²) < 4.78 is 14.7. The standard InChI is InChI=1S/C21H26FNO.C6H7N/c1-3-12-10-21(2)17(8-9-18(21)24)16-7-6-15-14(19(12)16)5-4-13(11-23)20(15)22;1-6-2-4-7-5-3-6/h4-5,12,16-19,24H,3,6-10H2,1-2H3;2-5H,1H3/t12-,16?,17?,18-,19?,21-;/m0./s1. The second-order valence-electron chi connectivity index (χ2n) is 9.94. The highest BCUT2D eigenvalue weighted by atomic mass is 19.1. The van der Waals surface area contributed by atoms with Gasteiger partial charge in [-0.2, -0.15) is 5.26 Å². The maximum absolute atomic E-state index is 14.7. The second kappa shape index (κ2) is 8.71. The van der Waals surface area contributed by atoms with Gasteiger partial charge in [-0.25, -0.2) is 4.39 Å². The number of benzene rings is 1. The summed E-state index contributed by atoms with van der Waals surface area (Å²) in [6.45, 7) is 6.55. The molecule has 2 saturated carbocycles. The van der Waals surface area contributed by atoms with Gasteiger partial charge in [0.25, 0.3) is 0 Å². The number of nitrogens with zero attached hydrogens (tertiary/aromatic N) is 2. The van der Waals surface area contributed by atoms with Crippen LogP contribution in [0, 0.1) is 47.2 Å². The van der Waals surface area contributed by atoms with E-state index in [1.807, 2.05) is 31.2 Å². The molecule has 3 aliphatic rings. The summed E-state index contributed by atoms with van der Waals surface area (Å²) in [6.07, 6.45) is 9.24. The quantitative estimate of drug-likeness (QED) is 0.621. The van der Waals surface area contributed by atoms with Gasteiger partial charge in [0.05, 0.1) is 11.7 Å². The van der Waals surface area contributed by atoms with E-state index in [4.69, 9.17) is 5.26 Å². The van der Waals surface area contributed by atoms with Crippen LogP contribution >= 0.6 is 0 Å². The molecule has 2 aromatic rings. The van der Waals surface area contributed by atoms with Gasteiger partial charge >= 0.3 is 0 Å². The van der Waals surface area contributed by atoms with Crippen LogP contribution in [0.4, 0.5) is 4.39 Å². The first-order valence-electron chi connectivity index (χ1n) is 11.7. The van der Waals surface area contributed by atoms with Crippen molar-refractivity contribution in [1.29, 1.82) is 5.26 Å². The van der Waals surface area contributed by atoms with Crippen molar-refractivity contribution in [2.75, 3.05) is 0 Å². The lowest BCUT2D eigenvalue weighted by atomic mass is 9.51. The fourth-order valence-corrected chi connectivity index (χ4v) is 6.82. The highest BCUT2D eigenvalue weighted by Gasteiger charge is 2.57. The second-order valence-corrected chi connectivity index (χ2v) is 9.94. The molecule has 6 atom stereocenters. The first kappa shape index (κ1) is 22.0. The largest absolute Gasteiger partial charge is 0.393 e. The number of aromatic nitrogens is 1. The number of halogens is 1. The highest BCUT2D eigenvalue weighted by Crippen LogP contribution is 2.63. The zero-order chi connectivity index (χ0) is 22.2. The van der Waals surface area contributed by atoms with Crippen LogP contribution in [0.5, 0.6) is 0 Å². The van der Waals surface area contributed by atoms with E-state index in [-0.39, 0.29) is 22.9 Å². The third-order valence-corrected chi connectivity index (χ3v) is 8.41. The van der Waals surface area contributed by atoms with E-state index in [0.717, 1.165) is 49.7 Å². The molecule has 2 fully saturated rings. The zero-order valence-corrected chi connectivity index (χ0v) is 18.8.